The third-order valence-corrected chi connectivity index (χ3v) is 4.41. The van der Waals surface area contributed by atoms with Gasteiger partial charge in [0.15, 0.2) is 0 Å². The van der Waals surface area contributed by atoms with Crippen molar-refractivity contribution in [2.75, 3.05) is 0 Å². The second-order valence-corrected chi connectivity index (χ2v) is 6.76. The van der Waals surface area contributed by atoms with Crippen molar-refractivity contribution < 1.29 is 19.1 Å². The van der Waals surface area contributed by atoms with Gasteiger partial charge < -0.3 is 9.47 Å². The zero-order valence-corrected chi connectivity index (χ0v) is 16.1. The van der Waals surface area contributed by atoms with Crippen molar-refractivity contribution in [1.29, 1.82) is 0 Å². The van der Waals surface area contributed by atoms with Crippen LogP contribution in [-0.4, -0.2) is 11.9 Å². The summed E-state index contributed by atoms with van der Waals surface area (Å²) in [6, 6.07) is 16.0. The van der Waals surface area contributed by atoms with Crippen molar-refractivity contribution in [3.05, 3.63) is 65.7 Å². The fourth-order valence-electron chi connectivity index (χ4n) is 2.68. The first-order valence-electron chi connectivity index (χ1n) is 9.63. The number of hydrogen-bond donors (Lipinski definition) is 0. The molecule has 0 bridgehead atoms. The third kappa shape index (κ3) is 7.26. The van der Waals surface area contributed by atoms with Crippen molar-refractivity contribution in [3.63, 3.8) is 0 Å². The lowest BCUT2D eigenvalue weighted by atomic mass is 10.0. The Kier molecular flexibility index (Phi) is 8.56. The Morgan fingerprint density at radius 1 is 0.926 bits per heavy atom. The van der Waals surface area contributed by atoms with Crippen LogP contribution in [0.4, 0.5) is 0 Å². The molecule has 144 valence electrons. The van der Waals surface area contributed by atoms with Gasteiger partial charge in [0.05, 0.1) is 11.5 Å². The lowest BCUT2D eigenvalue weighted by Crippen LogP contribution is -2.17. The molecule has 0 saturated carbocycles. The van der Waals surface area contributed by atoms with Crippen LogP contribution in [0.5, 0.6) is 5.75 Å². The molecule has 0 aliphatic rings. The molecule has 0 amide bonds. The normalized spacial score (nSPS) is 11.6. The average molecular weight is 368 g/mol. The van der Waals surface area contributed by atoms with Gasteiger partial charge in [0.25, 0.3) is 0 Å². The maximum absolute atomic E-state index is 12.1. The molecule has 0 saturated heterocycles. The number of benzene rings is 2. The molecule has 27 heavy (non-hydrogen) atoms. The van der Waals surface area contributed by atoms with Gasteiger partial charge in [0.1, 0.15) is 12.4 Å². The molecule has 0 aliphatic carbocycles. The van der Waals surface area contributed by atoms with Crippen LogP contribution >= 0.6 is 0 Å². The quantitative estimate of drug-likeness (QED) is 0.313. The second kappa shape index (κ2) is 11.2. The predicted molar refractivity (Wildman–Crippen MR) is 106 cm³/mol. The van der Waals surface area contributed by atoms with Gasteiger partial charge in [-0.3, -0.25) is 4.79 Å². The van der Waals surface area contributed by atoms with Crippen LogP contribution in [0.15, 0.2) is 54.6 Å². The van der Waals surface area contributed by atoms with Gasteiger partial charge in [-0.15, -0.1) is 0 Å². The van der Waals surface area contributed by atoms with Crippen LogP contribution in [0.3, 0.4) is 0 Å². The first kappa shape index (κ1) is 20.7. The van der Waals surface area contributed by atoms with Crippen molar-refractivity contribution >= 4 is 11.9 Å². The van der Waals surface area contributed by atoms with Crippen LogP contribution < -0.4 is 4.74 Å². The fraction of sp³-hybridized carbons (Fsp3) is 0.391. The molecule has 0 aliphatic heterocycles. The number of carbonyl (C=O) groups excluding carboxylic acids is 2. The van der Waals surface area contributed by atoms with Gasteiger partial charge in [0.2, 0.25) is 0 Å². The highest BCUT2D eigenvalue weighted by molar-refractivity contribution is 5.89. The van der Waals surface area contributed by atoms with E-state index >= 15 is 0 Å². The molecule has 2 rings (SSSR count). The first-order valence-corrected chi connectivity index (χ1v) is 9.63. The number of rotatable bonds is 10. The molecular formula is C23H28O4. The first-order chi connectivity index (χ1) is 13.1. The number of esters is 2. The Hall–Kier alpha value is -2.62. The van der Waals surface area contributed by atoms with Gasteiger partial charge in [-0.2, -0.15) is 0 Å². The van der Waals surface area contributed by atoms with Crippen LogP contribution in [0.2, 0.25) is 0 Å². The lowest BCUT2D eigenvalue weighted by Gasteiger charge is -2.11. The molecule has 2 aromatic carbocycles. The minimum absolute atomic E-state index is 0.127. The van der Waals surface area contributed by atoms with Crippen LogP contribution in [0.25, 0.3) is 0 Å². The molecule has 0 heterocycles. The Morgan fingerprint density at radius 3 is 2.30 bits per heavy atom. The second-order valence-electron chi connectivity index (χ2n) is 6.76. The average Bonchev–Trinajstić information content (AvgIpc) is 2.70. The van der Waals surface area contributed by atoms with E-state index in [1.165, 1.54) is 12.8 Å². The Morgan fingerprint density at radius 2 is 1.63 bits per heavy atom. The number of carbonyl (C=O) groups is 2. The van der Waals surface area contributed by atoms with E-state index in [1.807, 2.05) is 37.3 Å². The molecule has 0 aromatic heterocycles. The molecule has 4 heteroatoms. The Labute approximate surface area is 161 Å². The summed E-state index contributed by atoms with van der Waals surface area (Å²) in [5, 5.41) is 0. The highest BCUT2D eigenvalue weighted by atomic mass is 16.5. The lowest BCUT2D eigenvalue weighted by molar-refractivity contribution is -0.138. The molecule has 0 unspecified atom stereocenters. The van der Waals surface area contributed by atoms with Crippen molar-refractivity contribution in [1.82, 2.24) is 0 Å². The molecule has 2 aromatic rings. The highest BCUT2D eigenvalue weighted by Crippen LogP contribution is 2.17. The van der Waals surface area contributed by atoms with Gasteiger partial charge in [-0.25, -0.2) is 4.79 Å². The summed E-state index contributed by atoms with van der Waals surface area (Å²) in [6.45, 7) is 4.29. The minimum atomic E-state index is -0.402. The van der Waals surface area contributed by atoms with Crippen LogP contribution in [-0.2, 0) is 16.1 Å². The van der Waals surface area contributed by atoms with E-state index in [1.54, 1.807) is 24.3 Å². The Balaban J connectivity index is 1.80. The fourth-order valence-corrected chi connectivity index (χ4v) is 2.68. The van der Waals surface area contributed by atoms with Crippen molar-refractivity contribution in [2.45, 2.75) is 52.6 Å². The summed E-state index contributed by atoms with van der Waals surface area (Å²) in [7, 11) is 0. The molecule has 0 spiro atoms. The highest BCUT2D eigenvalue weighted by Gasteiger charge is 2.15. The van der Waals surface area contributed by atoms with Gasteiger partial charge in [-0.05, 0) is 36.2 Å². The molecule has 0 radical (unpaired) electrons. The molecule has 0 N–H and O–H groups in total. The van der Waals surface area contributed by atoms with E-state index in [-0.39, 0.29) is 18.5 Å². The molecule has 1 atom stereocenters. The van der Waals surface area contributed by atoms with Gasteiger partial charge >= 0.3 is 11.9 Å². The summed E-state index contributed by atoms with van der Waals surface area (Å²) < 4.78 is 10.7. The van der Waals surface area contributed by atoms with Crippen LogP contribution in [0, 0.1) is 5.92 Å². The topological polar surface area (TPSA) is 52.6 Å². The Bertz CT molecular complexity index is 707. The largest absolute Gasteiger partial charge is 0.457 e. The SMILES string of the molecule is CCCCCC[C@H](C)C(=O)Oc1ccc(C(=O)OCc2ccccc2)cc1. The minimum Gasteiger partial charge on any atom is -0.457 e. The summed E-state index contributed by atoms with van der Waals surface area (Å²) in [4.78, 5) is 24.2. The maximum Gasteiger partial charge on any atom is 0.338 e. The van der Waals surface area contributed by atoms with E-state index in [0.717, 1.165) is 24.8 Å². The zero-order valence-electron chi connectivity index (χ0n) is 16.1. The van der Waals surface area contributed by atoms with Crippen molar-refractivity contribution in [3.8, 4) is 5.75 Å². The van der Waals surface area contributed by atoms with E-state index in [2.05, 4.69) is 6.92 Å². The predicted octanol–water partition coefficient (Wildman–Crippen LogP) is 5.56. The molecule has 4 nitrogen and oxygen atoms in total. The van der Waals surface area contributed by atoms with Crippen LogP contribution in [0.1, 0.15) is 61.9 Å². The van der Waals surface area contributed by atoms with E-state index in [0.29, 0.717) is 11.3 Å². The molecule has 0 fully saturated rings. The number of unbranched alkanes of at least 4 members (excludes halogenated alkanes) is 3. The summed E-state index contributed by atoms with van der Waals surface area (Å²) in [5.74, 6) is -0.315. The smallest absolute Gasteiger partial charge is 0.338 e. The maximum atomic E-state index is 12.1. The summed E-state index contributed by atoms with van der Waals surface area (Å²) in [6.07, 6.45) is 5.40. The summed E-state index contributed by atoms with van der Waals surface area (Å²) in [5.41, 5.74) is 1.36. The van der Waals surface area contributed by atoms with Gasteiger partial charge in [-0.1, -0.05) is 69.9 Å². The monoisotopic (exact) mass is 368 g/mol. The number of ether oxygens (including phenoxy) is 2. The van der Waals surface area contributed by atoms with E-state index in [9.17, 15) is 9.59 Å². The standard InChI is InChI=1S/C23H28O4/c1-3-4-5-7-10-18(2)22(24)27-21-15-13-20(14-16-21)23(25)26-17-19-11-8-6-9-12-19/h6,8-9,11-16,18H,3-5,7,10,17H2,1-2H3/t18-/m0/s1. The molecular weight excluding hydrogens is 340 g/mol. The van der Waals surface area contributed by atoms with E-state index in [4.69, 9.17) is 9.47 Å². The summed E-state index contributed by atoms with van der Waals surface area (Å²) >= 11 is 0. The van der Waals surface area contributed by atoms with E-state index < -0.39 is 5.97 Å². The van der Waals surface area contributed by atoms with Gasteiger partial charge in [0, 0.05) is 0 Å². The zero-order chi connectivity index (χ0) is 19.5. The van der Waals surface area contributed by atoms with Crippen molar-refractivity contribution in [2.24, 2.45) is 5.92 Å². The number of hydrogen-bond acceptors (Lipinski definition) is 4. The third-order valence-electron chi connectivity index (χ3n) is 4.41.